The third kappa shape index (κ3) is 3.40. The second kappa shape index (κ2) is 6.10. The zero-order chi connectivity index (χ0) is 16.4. The SMILES string of the molecule is O=C1OCCN1c1cccc(NS(=O)(=O)c2cccc(Cl)c2)c1. The van der Waals surface area contributed by atoms with Crippen LogP contribution < -0.4 is 9.62 Å². The average molecular weight is 353 g/mol. The Kier molecular flexibility index (Phi) is 4.14. The van der Waals surface area contributed by atoms with Gasteiger partial charge in [0.15, 0.2) is 0 Å². The molecule has 1 N–H and O–H groups in total. The normalized spacial score (nSPS) is 14.7. The van der Waals surface area contributed by atoms with Crippen LogP contribution >= 0.6 is 11.6 Å². The molecule has 120 valence electrons. The van der Waals surface area contributed by atoms with E-state index in [1.807, 2.05) is 0 Å². The molecule has 1 fully saturated rings. The summed E-state index contributed by atoms with van der Waals surface area (Å²) in [5.41, 5.74) is 0.918. The number of carbonyl (C=O) groups excluding carboxylic acids is 1. The van der Waals surface area contributed by atoms with Crippen LogP contribution in [0.3, 0.4) is 0 Å². The number of rotatable bonds is 4. The molecule has 0 aromatic heterocycles. The highest BCUT2D eigenvalue weighted by molar-refractivity contribution is 7.92. The van der Waals surface area contributed by atoms with Crippen molar-refractivity contribution < 1.29 is 17.9 Å². The first-order valence-corrected chi connectivity index (χ1v) is 8.64. The Bertz CT molecular complexity index is 854. The van der Waals surface area contributed by atoms with Gasteiger partial charge in [-0.15, -0.1) is 0 Å². The lowest BCUT2D eigenvalue weighted by Gasteiger charge is -2.14. The maximum atomic E-state index is 12.4. The van der Waals surface area contributed by atoms with Gasteiger partial charge in [0.1, 0.15) is 6.61 Å². The van der Waals surface area contributed by atoms with Crippen LogP contribution in [0.2, 0.25) is 5.02 Å². The molecule has 1 saturated heterocycles. The minimum absolute atomic E-state index is 0.0657. The lowest BCUT2D eigenvalue weighted by Crippen LogP contribution is -2.23. The van der Waals surface area contributed by atoms with Crippen LogP contribution in [0.15, 0.2) is 53.4 Å². The third-order valence-corrected chi connectivity index (χ3v) is 4.89. The molecule has 1 amide bonds. The monoisotopic (exact) mass is 352 g/mol. The van der Waals surface area contributed by atoms with Crippen LogP contribution in [0, 0.1) is 0 Å². The van der Waals surface area contributed by atoms with E-state index in [1.54, 1.807) is 36.4 Å². The molecule has 23 heavy (non-hydrogen) atoms. The van der Waals surface area contributed by atoms with Crippen LogP contribution in [-0.2, 0) is 14.8 Å². The van der Waals surface area contributed by atoms with E-state index in [0.29, 0.717) is 29.5 Å². The molecule has 0 spiro atoms. The van der Waals surface area contributed by atoms with Gasteiger partial charge in [0, 0.05) is 10.7 Å². The van der Waals surface area contributed by atoms with E-state index in [2.05, 4.69) is 4.72 Å². The fraction of sp³-hybridized carbons (Fsp3) is 0.133. The van der Waals surface area contributed by atoms with E-state index in [0.717, 1.165) is 0 Å². The van der Waals surface area contributed by atoms with Crippen molar-refractivity contribution in [1.82, 2.24) is 0 Å². The Hall–Kier alpha value is -2.25. The van der Waals surface area contributed by atoms with E-state index >= 15 is 0 Å². The first kappa shape index (κ1) is 15.6. The summed E-state index contributed by atoms with van der Waals surface area (Å²) in [4.78, 5) is 13.1. The molecule has 3 rings (SSSR count). The summed E-state index contributed by atoms with van der Waals surface area (Å²) in [6, 6.07) is 12.5. The smallest absolute Gasteiger partial charge is 0.414 e. The molecule has 1 aliphatic rings. The number of hydrogen-bond donors (Lipinski definition) is 1. The van der Waals surface area contributed by atoms with Gasteiger partial charge in [-0.1, -0.05) is 23.7 Å². The maximum absolute atomic E-state index is 12.4. The Labute approximate surface area is 138 Å². The number of ether oxygens (including phenoxy) is 1. The van der Waals surface area contributed by atoms with Gasteiger partial charge in [0.05, 0.1) is 17.1 Å². The van der Waals surface area contributed by atoms with Crippen LogP contribution in [-0.4, -0.2) is 27.7 Å². The molecular formula is C15H13ClN2O4S. The standard InChI is InChI=1S/C15H13ClN2O4S/c16-11-3-1-6-14(9-11)23(20,21)17-12-4-2-5-13(10-12)18-7-8-22-15(18)19/h1-6,9-10,17H,7-8H2. The molecule has 2 aromatic rings. The highest BCUT2D eigenvalue weighted by Gasteiger charge is 2.24. The number of sulfonamides is 1. The zero-order valence-electron chi connectivity index (χ0n) is 11.9. The quantitative estimate of drug-likeness (QED) is 0.917. The van der Waals surface area contributed by atoms with Crippen molar-refractivity contribution in [2.75, 3.05) is 22.8 Å². The largest absolute Gasteiger partial charge is 0.447 e. The molecule has 1 aliphatic heterocycles. The second-order valence-electron chi connectivity index (χ2n) is 4.88. The van der Waals surface area contributed by atoms with Crippen molar-refractivity contribution in [2.24, 2.45) is 0 Å². The van der Waals surface area contributed by atoms with Crippen molar-refractivity contribution in [2.45, 2.75) is 4.90 Å². The van der Waals surface area contributed by atoms with E-state index in [4.69, 9.17) is 16.3 Å². The molecule has 2 aromatic carbocycles. The van der Waals surface area contributed by atoms with Gasteiger partial charge >= 0.3 is 6.09 Å². The minimum Gasteiger partial charge on any atom is -0.447 e. The zero-order valence-corrected chi connectivity index (χ0v) is 13.5. The summed E-state index contributed by atoms with van der Waals surface area (Å²) < 4.78 is 32.1. The average Bonchev–Trinajstić information content (AvgIpc) is 2.93. The number of hydrogen-bond acceptors (Lipinski definition) is 4. The summed E-state index contributed by atoms with van der Waals surface area (Å²) in [6.07, 6.45) is -0.445. The van der Waals surface area contributed by atoms with E-state index < -0.39 is 16.1 Å². The number of nitrogens with one attached hydrogen (secondary N) is 1. The molecular weight excluding hydrogens is 340 g/mol. The van der Waals surface area contributed by atoms with Gasteiger partial charge < -0.3 is 4.74 Å². The highest BCUT2D eigenvalue weighted by Crippen LogP contribution is 2.25. The fourth-order valence-corrected chi connectivity index (χ4v) is 3.56. The molecule has 6 nitrogen and oxygen atoms in total. The minimum atomic E-state index is -3.76. The Morgan fingerprint density at radius 2 is 1.91 bits per heavy atom. The van der Waals surface area contributed by atoms with Crippen molar-refractivity contribution in [3.8, 4) is 0 Å². The number of carbonyl (C=O) groups is 1. The number of benzene rings is 2. The number of cyclic esters (lactones) is 1. The molecule has 0 unspecified atom stereocenters. The third-order valence-electron chi connectivity index (χ3n) is 3.28. The van der Waals surface area contributed by atoms with Crippen molar-refractivity contribution in [3.05, 3.63) is 53.6 Å². The molecule has 0 radical (unpaired) electrons. The molecule has 0 bridgehead atoms. The van der Waals surface area contributed by atoms with Crippen LogP contribution in [0.25, 0.3) is 0 Å². The first-order valence-electron chi connectivity index (χ1n) is 6.78. The van der Waals surface area contributed by atoms with Gasteiger partial charge in [-0.25, -0.2) is 13.2 Å². The lowest BCUT2D eigenvalue weighted by atomic mass is 10.2. The summed E-state index contributed by atoms with van der Waals surface area (Å²) in [5.74, 6) is 0. The predicted molar refractivity (Wildman–Crippen MR) is 87.4 cm³/mol. The van der Waals surface area contributed by atoms with Crippen molar-refractivity contribution in [1.29, 1.82) is 0 Å². The van der Waals surface area contributed by atoms with Crippen LogP contribution in [0.4, 0.5) is 16.2 Å². The van der Waals surface area contributed by atoms with Gasteiger partial charge in [-0.05, 0) is 36.4 Å². The lowest BCUT2D eigenvalue weighted by molar-refractivity contribution is 0.181. The summed E-state index contributed by atoms with van der Waals surface area (Å²) in [5, 5.41) is 0.335. The summed E-state index contributed by atoms with van der Waals surface area (Å²) in [6.45, 7) is 0.751. The van der Waals surface area contributed by atoms with Crippen LogP contribution in [0.5, 0.6) is 0 Å². The molecule has 1 heterocycles. The molecule has 0 aliphatic carbocycles. The summed E-state index contributed by atoms with van der Waals surface area (Å²) in [7, 11) is -3.76. The van der Waals surface area contributed by atoms with Gasteiger partial charge in [-0.2, -0.15) is 0 Å². The molecule has 0 saturated carbocycles. The van der Waals surface area contributed by atoms with E-state index in [-0.39, 0.29) is 4.90 Å². The maximum Gasteiger partial charge on any atom is 0.414 e. The number of nitrogens with zero attached hydrogens (tertiary/aromatic N) is 1. The fourth-order valence-electron chi connectivity index (χ4n) is 2.21. The topological polar surface area (TPSA) is 75.7 Å². The summed E-state index contributed by atoms with van der Waals surface area (Å²) >= 11 is 5.83. The Balaban J connectivity index is 1.87. The number of amides is 1. The number of halogens is 1. The van der Waals surface area contributed by atoms with Gasteiger partial charge in [0.2, 0.25) is 0 Å². The Morgan fingerprint density at radius 1 is 1.13 bits per heavy atom. The van der Waals surface area contributed by atoms with E-state index in [9.17, 15) is 13.2 Å². The van der Waals surface area contributed by atoms with Gasteiger partial charge in [-0.3, -0.25) is 9.62 Å². The van der Waals surface area contributed by atoms with Gasteiger partial charge in [0.25, 0.3) is 10.0 Å². The molecule has 8 heteroatoms. The number of anilines is 2. The second-order valence-corrected chi connectivity index (χ2v) is 7.00. The highest BCUT2D eigenvalue weighted by atomic mass is 35.5. The Morgan fingerprint density at radius 3 is 2.61 bits per heavy atom. The predicted octanol–water partition coefficient (Wildman–Crippen LogP) is 3.10. The van der Waals surface area contributed by atoms with Crippen LogP contribution in [0.1, 0.15) is 0 Å². The van der Waals surface area contributed by atoms with E-state index in [1.165, 1.54) is 17.0 Å². The first-order chi connectivity index (χ1) is 11.0. The van der Waals surface area contributed by atoms with Crippen molar-refractivity contribution >= 4 is 39.1 Å². The van der Waals surface area contributed by atoms with Crippen molar-refractivity contribution in [3.63, 3.8) is 0 Å². The molecule has 0 atom stereocenters.